The Balaban J connectivity index is 2.63. The average Bonchev–Trinajstić information content (AvgIpc) is 2.30. The molecule has 0 fully saturated rings. The highest BCUT2D eigenvalue weighted by Crippen LogP contribution is 2.24. The van der Waals surface area contributed by atoms with Crippen molar-refractivity contribution >= 4 is 23.0 Å². The first kappa shape index (κ1) is 10.1. The van der Waals surface area contributed by atoms with Crippen LogP contribution in [-0.4, -0.2) is 12.6 Å². The number of nitrogens with two attached hydrogens (primary N) is 1. The lowest BCUT2D eigenvalue weighted by atomic mass is 10.3. The monoisotopic (exact) mass is 199 g/mol. The highest BCUT2D eigenvalue weighted by molar-refractivity contribution is 7.12. The summed E-state index contributed by atoms with van der Waals surface area (Å²) in [6, 6.07) is 1.87. The molecule has 13 heavy (non-hydrogen) atoms. The average molecular weight is 199 g/mol. The zero-order chi connectivity index (χ0) is 9.84. The van der Waals surface area contributed by atoms with Crippen LogP contribution in [0.3, 0.4) is 0 Å². The molecule has 4 heteroatoms. The standard InChI is InChI=1S/C9H13NO2S/c1-3-12-9(11)5-8-7(10)4-6(2)13-8/h4H,3,5,10H2,1-2H3. The molecular formula is C9H13NO2S. The summed E-state index contributed by atoms with van der Waals surface area (Å²) in [7, 11) is 0. The maximum Gasteiger partial charge on any atom is 0.311 e. The zero-order valence-electron chi connectivity index (χ0n) is 7.79. The molecule has 0 atom stereocenters. The molecule has 0 aromatic carbocycles. The van der Waals surface area contributed by atoms with E-state index >= 15 is 0 Å². The van der Waals surface area contributed by atoms with Crippen molar-refractivity contribution in [1.82, 2.24) is 0 Å². The largest absolute Gasteiger partial charge is 0.466 e. The zero-order valence-corrected chi connectivity index (χ0v) is 8.61. The second kappa shape index (κ2) is 4.28. The van der Waals surface area contributed by atoms with Crippen LogP contribution in [0.25, 0.3) is 0 Å². The minimum atomic E-state index is -0.212. The van der Waals surface area contributed by atoms with E-state index in [-0.39, 0.29) is 12.4 Å². The molecule has 0 bridgehead atoms. The number of rotatable bonds is 3. The fourth-order valence-electron chi connectivity index (χ4n) is 1.06. The first-order valence-electron chi connectivity index (χ1n) is 4.14. The fraction of sp³-hybridized carbons (Fsp3) is 0.444. The number of carbonyl (C=O) groups is 1. The van der Waals surface area contributed by atoms with Crippen LogP contribution in [0.15, 0.2) is 6.07 Å². The summed E-state index contributed by atoms with van der Waals surface area (Å²) in [6.45, 7) is 4.18. The summed E-state index contributed by atoms with van der Waals surface area (Å²) in [5, 5.41) is 0. The van der Waals surface area contributed by atoms with Gasteiger partial charge in [0.05, 0.1) is 13.0 Å². The number of nitrogen functional groups attached to an aromatic ring is 1. The smallest absolute Gasteiger partial charge is 0.311 e. The molecule has 0 radical (unpaired) electrons. The third-order valence-corrected chi connectivity index (χ3v) is 2.64. The van der Waals surface area contributed by atoms with Crippen LogP contribution in [0.2, 0.25) is 0 Å². The van der Waals surface area contributed by atoms with Crippen LogP contribution in [0.4, 0.5) is 5.69 Å². The highest BCUT2D eigenvalue weighted by Gasteiger charge is 2.09. The normalized spacial score (nSPS) is 10.0. The van der Waals surface area contributed by atoms with Gasteiger partial charge in [0, 0.05) is 15.4 Å². The lowest BCUT2D eigenvalue weighted by Crippen LogP contribution is -2.07. The third kappa shape index (κ3) is 2.73. The van der Waals surface area contributed by atoms with Crippen LogP contribution >= 0.6 is 11.3 Å². The van der Waals surface area contributed by atoms with Gasteiger partial charge in [0.2, 0.25) is 0 Å². The van der Waals surface area contributed by atoms with Crippen LogP contribution in [0.5, 0.6) is 0 Å². The minimum Gasteiger partial charge on any atom is -0.466 e. The molecule has 3 nitrogen and oxygen atoms in total. The predicted octanol–water partition coefficient (Wildman–Crippen LogP) is 1.74. The highest BCUT2D eigenvalue weighted by atomic mass is 32.1. The van der Waals surface area contributed by atoms with Crippen molar-refractivity contribution in [3.05, 3.63) is 15.8 Å². The predicted molar refractivity (Wildman–Crippen MR) is 53.8 cm³/mol. The van der Waals surface area contributed by atoms with E-state index in [9.17, 15) is 4.79 Å². The summed E-state index contributed by atoms with van der Waals surface area (Å²) in [5.41, 5.74) is 6.38. The minimum absolute atomic E-state index is 0.212. The molecule has 0 unspecified atom stereocenters. The molecule has 2 N–H and O–H groups in total. The first-order chi connectivity index (χ1) is 6.13. The number of hydrogen-bond donors (Lipinski definition) is 1. The van der Waals surface area contributed by atoms with E-state index in [1.54, 1.807) is 18.3 Å². The maximum atomic E-state index is 11.1. The molecule has 1 heterocycles. The second-order valence-corrected chi connectivity index (χ2v) is 4.06. The summed E-state index contributed by atoms with van der Waals surface area (Å²) in [4.78, 5) is 13.1. The Bertz CT molecular complexity index is 307. The number of thiophene rings is 1. The Kier molecular flexibility index (Phi) is 3.31. The van der Waals surface area contributed by atoms with E-state index in [1.807, 2.05) is 13.0 Å². The van der Waals surface area contributed by atoms with Gasteiger partial charge < -0.3 is 10.5 Å². The molecular weight excluding hydrogens is 186 g/mol. The Morgan fingerprint density at radius 3 is 2.85 bits per heavy atom. The number of aryl methyl sites for hydroxylation is 1. The molecule has 1 aromatic heterocycles. The molecule has 0 amide bonds. The summed E-state index contributed by atoms with van der Waals surface area (Å²) < 4.78 is 4.82. The molecule has 0 saturated carbocycles. The molecule has 0 aliphatic heterocycles. The van der Waals surface area contributed by atoms with Crippen molar-refractivity contribution in [1.29, 1.82) is 0 Å². The molecule has 72 valence electrons. The van der Waals surface area contributed by atoms with E-state index < -0.39 is 0 Å². The molecule has 0 spiro atoms. The van der Waals surface area contributed by atoms with Crippen molar-refractivity contribution in [2.24, 2.45) is 0 Å². The van der Waals surface area contributed by atoms with Crippen molar-refractivity contribution < 1.29 is 9.53 Å². The summed E-state index contributed by atoms with van der Waals surface area (Å²) >= 11 is 1.54. The van der Waals surface area contributed by atoms with Gasteiger partial charge in [-0.2, -0.15) is 0 Å². The Labute approximate surface area is 81.5 Å². The maximum absolute atomic E-state index is 11.1. The van der Waals surface area contributed by atoms with E-state index in [4.69, 9.17) is 10.5 Å². The number of carbonyl (C=O) groups excluding carboxylic acids is 1. The second-order valence-electron chi connectivity index (χ2n) is 2.72. The van der Waals surface area contributed by atoms with Gasteiger partial charge in [0.15, 0.2) is 0 Å². The van der Waals surface area contributed by atoms with Gasteiger partial charge in [-0.05, 0) is 19.9 Å². The topological polar surface area (TPSA) is 52.3 Å². The number of hydrogen-bond acceptors (Lipinski definition) is 4. The van der Waals surface area contributed by atoms with Crippen molar-refractivity contribution in [2.75, 3.05) is 12.3 Å². The van der Waals surface area contributed by atoms with Crippen molar-refractivity contribution in [3.8, 4) is 0 Å². The molecule has 1 aromatic rings. The van der Waals surface area contributed by atoms with Gasteiger partial charge in [-0.25, -0.2) is 0 Å². The van der Waals surface area contributed by atoms with Gasteiger partial charge in [-0.15, -0.1) is 11.3 Å². The van der Waals surface area contributed by atoms with Crippen molar-refractivity contribution in [3.63, 3.8) is 0 Å². The lowest BCUT2D eigenvalue weighted by Gasteiger charge is -1.99. The van der Waals surface area contributed by atoms with Crippen LogP contribution in [0, 0.1) is 6.92 Å². The Morgan fingerprint density at radius 1 is 1.69 bits per heavy atom. The van der Waals surface area contributed by atoms with Gasteiger partial charge in [0.25, 0.3) is 0 Å². The van der Waals surface area contributed by atoms with Gasteiger partial charge in [0.1, 0.15) is 0 Å². The van der Waals surface area contributed by atoms with E-state index in [0.29, 0.717) is 12.3 Å². The first-order valence-corrected chi connectivity index (χ1v) is 4.95. The van der Waals surface area contributed by atoms with Crippen molar-refractivity contribution in [2.45, 2.75) is 20.3 Å². The summed E-state index contributed by atoms with van der Waals surface area (Å²) in [5.74, 6) is -0.212. The number of anilines is 1. The third-order valence-electron chi connectivity index (χ3n) is 1.58. The van der Waals surface area contributed by atoms with E-state index in [0.717, 1.165) is 9.75 Å². The van der Waals surface area contributed by atoms with Crippen LogP contribution < -0.4 is 5.73 Å². The van der Waals surface area contributed by atoms with Crippen LogP contribution in [-0.2, 0) is 16.0 Å². The van der Waals surface area contributed by atoms with E-state index in [1.165, 1.54) is 0 Å². The lowest BCUT2D eigenvalue weighted by molar-refractivity contribution is -0.142. The molecule has 0 aliphatic rings. The Morgan fingerprint density at radius 2 is 2.38 bits per heavy atom. The summed E-state index contributed by atoms with van der Waals surface area (Å²) in [6.07, 6.45) is 0.290. The molecule has 0 aliphatic carbocycles. The SMILES string of the molecule is CCOC(=O)Cc1sc(C)cc1N. The fourth-order valence-corrected chi connectivity index (χ4v) is 2.00. The number of ether oxygens (including phenoxy) is 1. The van der Waals surface area contributed by atoms with E-state index in [2.05, 4.69) is 0 Å². The van der Waals surface area contributed by atoms with Gasteiger partial charge in [-0.3, -0.25) is 4.79 Å². The molecule has 0 saturated heterocycles. The molecule has 1 rings (SSSR count). The van der Waals surface area contributed by atoms with Gasteiger partial charge >= 0.3 is 5.97 Å². The number of esters is 1. The Hall–Kier alpha value is -1.03. The van der Waals surface area contributed by atoms with Crippen LogP contribution in [0.1, 0.15) is 16.7 Å². The van der Waals surface area contributed by atoms with Gasteiger partial charge in [-0.1, -0.05) is 0 Å². The quantitative estimate of drug-likeness (QED) is 0.754.